The van der Waals surface area contributed by atoms with Gasteiger partial charge in [-0.25, -0.2) is 18.7 Å². The third-order valence-electron chi connectivity index (χ3n) is 5.07. The van der Waals surface area contributed by atoms with Crippen molar-refractivity contribution in [1.29, 1.82) is 0 Å². The van der Waals surface area contributed by atoms with Crippen molar-refractivity contribution in [2.75, 3.05) is 26.1 Å². The molecule has 1 N–H and O–H groups in total. The van der Waals surface area contributed by atoms with Crippen LogP contribution in [0.15, 0.2) is 42.6 Å². The number of aromatic nitrogens is 2. The smallest absolute Gasteiger partial charge is 0.227 e. The zero-order chi connectivity index (χ0) is 21.1. The van der Waals surface area contributed by atoms with Crippen molar-refractivity contribution >= 4 is 11.6 Å². The summed E-state index contributed by atoms with van der Waals surface area (Å²) in [7, 11) is 3.26. The molecule has 0 fully saturated rings. The Morgan fingerprint density at radius 3 is 2.77 bits per heavy atom. The number of benzene rings is 2. The standard InChI is InChI=1S/C22H22F2N4O2/c1-29-20-5-3-4-14(21(20)30-2)12-28-9-8-18-15(13-28)11-25-22(26-18)27-19-7-6-16(23)10-17(19)24/h3-7,10-11H,8-9,12-13H2,1-2H3,(H,25,26,27). The number of fused-ring (bicyclic) bond motifs is 1. The zero-order valence-electron chi connectivity index (χ0n) is 16.8. The van der Waals surface area contributed by atoms with Crippen molar-refractivity contribution in [2.24, 2.45) is 0 Å². The Morgan fingerprint density at radius 2 is 2.00 bits per heavy atom. The number of hydrogen-bond acceptors (Lipinski definition) is 6. The van der Waals surface area contributed by atoms with Gasteiger partial charge in [0, 0.05) is 49.4 Å². The molecule has 0 atom stereocenters. The first-order valence-corrected chi connectivity index (χ1v) is 9.56. The van der Waals surface area contributed by atoms with Crippen LogP contribution in [0.4, 0.5) is 20.4 Å². The van der Waals surface area contributed by atoms with Gasteiger partial charge in [0.05, 0.1) is 25.6 Å². The molecule has 0 spiro atoms. The molecule has 156 valence electrons. The topological polar surface area (TPSA) is 59.5 Å². The molecule has 2 heterocycles. The summed E-state index contributed by atoms with van der Waals surface area (Å²) in [4.78, 5) is 11.1. The molecule has 6 nitrogen and oxygen atoms in total. The number of hydrogen-bond donors (Lipinski definition) is 1. The second kappa shape index (κ2) is 8.62. The van der Waals surface area contributed by atoms with Gasteiger partial charge in [-0.05, 0) is 18.2 Å². The third kappa shape index (κ3) is 4.18. The Kier molecular flexibility index (Phi) is 5.76. The van der Waals surface area contributed by atoms with E-state index in [1.807, 2.05) is 18.2 Å². The lowest BCUT2D eigenvalue weighted by Gasteiger charge is -2.28. The minimum atomic E-state index is -0.685. The number of ether oxygens (including phenoxy) is 2. The van der Waals surface area contributed by atoms with Crippen molar-refractivity contribution in [2.45, 2.75) is 19.5 Å². The van der Waals surface area contributed by atoms with E-state index in [-0.39, 0.29) is 5.69 Å². The van der Waals surface area contributed by atoms with Crippen LogP contribution in [0.2, 0.25) is 0 Å². The Hall–Kier alpha value is -3.26. The van der Waals surface area contributed by atoms with E-state index < -0.39 is 11.6 Å². The quantitative estimate of drug-likeness (QED) is 0.659. The maximum Gasteiger partial charge on any atom is 0.227 e. The molecule has 4 rings (SSSR count). The summed E-state index contributed by atoms with van der Waals surface area (Å²) in [6, 6.07) is 9.19. The number of rotatable bonds is 6. The molecule has 0 saturated heterocycles. The lowest BCUT2D eigenvalue weighted by atomic mass is 10.1. The lowest BCUT2D eigenvalue weighted by Crippen LogP contribution is -2.31. The maximum absolute atomic E-state index is 13.9. The molecule has 0 amide bonds. The molecule has 0 radical (unpaired) electrons. The molecule has 3 aromatic rings. The minimum absolute atomic E-state index is 0.138. The molecule has 2 aromatic carbocycles. The van der Waals surface area contributed by atoms with Gasteiger partial charge in [0.25, 0.3) is 0 Å². The summed E-state index contributed by atoms with van der Waals surface area (Å²) in [5, 5.41) is 2.82. The fraction of sp³-hybridized carbons (Fsp3) is 0.273. The van der Waals surface area contributed by atoms with Gasteiger partial charge in [0.1, 0.15) is 11.6 Å². The first-order chi connectivity index (χ1) is 14.6. The Labute approximate surface area is 173 Å². The molecule has 1 aliphatic rings. The van der Waals surface area contributed by atoms with Crippen LogP contribution in [-0.2, 0) is 19.5 Å². The van der Waals surface area contributed by atoms with Crippen molar-refractivity contribution in [3.8, 4) is 11.5 Å². The van der Waals surface area contributed by atoms with Crippen molar-refractivity contribution < 1.29 is 18.3 Å². The Bertz CT molecular complexity index is 1060. The molecule has 0 unspecified atom stereocenters. The van der Waals surface area contributed by atoms with Crippen LogP contribution >= 0.6 is 0 Å². The van der Waals surface area contributed by atoms with Crippen LogP contribution in [-0.4, -0.2) is 35.6 Å². The maximum atomic E-state index is 13.9. The summed E-state index contributed by atoms with van der Waals surface area (Å²) in [6.07, 6.45) is 2.49. The van der Waals surface area contributed by atoms with Gasteiger partial charge in [0.2, 0.25) is 5.95 Å². The van der Waals surface area contributed by atoms with Crippen LogP contribution in [0.1, 0.15) is 16.8 Å². The summed E-state index contributed by atoms with van der Waals surface area (Å²) in [5.41, 5.74) is 3.13. The number of anilines is 2. The average Bonchev–Trinajstić information content (AvgIpc) is 2.75. The summed E-state index contributed by atoms with van der Waals surface area (Å²) >= 11 is 0. The second-order valence-electron chi connectivity index (χ2n) is 7.03. The molecule has 30 heavy (non-hydrogen) atoms. The fourth-order valence-electron chi connectivity index (χ4n) is 3.60. The molecular formula is C22H22F2N4O2. The summed E-state index contributed by atoms with van der Waals surface area (Å²) < 4.78 is 37.9. The number of methoxy groups -OCH3 is 2. The highest BCUT2D eigenvalue weighted by atomic mass is 19.1. The SMILES string of the molecule is COc1cccc(CN2CCc3nc(Nc4ccc(F)cc4F)ncc3C2)c1OC. The van der Waals surface area contributed by atoms with Crippen LogP contribution in [0.3, 0.4) is 0 Å². The molecule has 8 heteroatoms. The van der Waals surface area contributed by atoms with E-state index in [0.29, 0.717) is 24.8 Å². The van der Waals surface area contributed by atoms with Crippen LogP contribution < -0.4 is 14.8 Å². The first-order valence-electron chi connectivity index (χ1n) is 9.56. The fourth-order valence-corrected chi connectivity index (χ4v) is 3.60. The minimum Gasteiger partial charge on any atom is -0.493 e. The zero-order valence-corrected chi connectivity index (χ0v) is 16.8. The van der Waals surface area contributed by atoms with E-state index >= 15 is 0 Å². The summed E-state index contributed by atoms with van der Waals surface area (Å²) in [5.74, 6) is 0.427. The van der Waals surface area contributed by atoms with Gasteiger partial charge in [-0.2, -0.15) is 0 Å². The van der Waals surface area contributed by atoms with Gasteiger partial charge in [0.15, 0.2) is 11.5 Å². The van der Waals surface area contributed by atoms with E-state index in [0.717, 1.165) is 41.6 Å². The molecule has 0 saturated carbocycles. The molecule has 0 aliphatic carbocycles. The highest BCUT2D eigenvalue weighted by Crippen LogP contribution is 2.32. The number of nitrogens with one attached hydrogen (secondary N) is 1. The van der Waals surface area contributed by atoms with E-state index in [9.17, 15) is 8.78 Å². The van der Waals surface area contributed by atoms with Gasteiger partial charge in [-0.1, -0.05) is 12.1 Å². The lowest BCUT2D eigenvalue weighted by molar-refractivity contribution is 0.238. The van der Waals surface area contributed by atoms with Crippen molar-refractivity contribution in [3.63, 3.8) is 0 Å². The normalized spacial score (nSPS) is 13.6. The monoisotopic (exact) mass is 412 g/mol. The second-order valence-corrected chi connectivity index (χ2v) is 7.03. The Morgan fingerprint density at radius 1 is 1.13 bits per heavy atom. The van der Waals surface area contributed by atoms with Crippen molar-refractivity contribution in [1.82, 2.24) is 14.9 Å². The van der Waals surface area contributed by atoms with Crippen LogP contribution in [0.25, 0.3) is 0 Å². The first kappa shape index (κ1) is 20.0. The number of halogens is 2. The molecule has 1 aromatic heterocycles. The van der Waals surface area contributed by atoms with E-state index in [1.54, 1.807) is 20.4 Å². The molecule has 1 aliphatic heterocycles. The Balaban J connectivity index is 1.48. The van der Waals surface area contributed by atoms with E-state index in [4.69, 9.17) is 9.47 Å². The predicted octanol–water partition coefficient (Wildman–Crippen LogP) is 4.07. The highest BCUT2D eigenvalue weighted by molar-refractivity contribution is 5.54. The number of para-hydroxylation sites is 1. The molecule has 0 bridgehead atoms. The summed E-state index contributed by atoms with van der Waals surface area (Å²) in [6.45, 7) is 2.22. The third-order valence-corrected chi connectivity index (χ3v) is 5.07. The van der Waals surface area contributed by atoms with E-state index in [2.05, 4.69) is 20.2 Å². The highest BCUT2D eigenvalue weighted by Gasteiger charge is 2.21. The van der Waals surface area contributed by atoms with Gasteiger partial charge >= 0.3 is 0 Å². The van der Waals surface area contributed by atoms with Gasteiger partial charge in [-0.15, -0.1) is 0 Å². The van der Waals surface area contributed by atoms with Crippen molar-refractivity contribution in [3.05, 3.63) is 71.1 Å². The largest absolute Gasteiger partial charge is 0.493 e. The van der Waals surface area contributed by atoms with E-state index in [1.165, 1.54) is 12.1 Å². The van der Waals surface area contributed by atoms with Crippen LogP contribution in [0, 0.1) is 11.6 Å². The molecular weight excluding hydrogens is 390 g/mol. The van der Waals surface area contributed by atoms with Gasteiger partial charge < -0.3 is 14.8 Å². The van der Waals surface area contributed by atoms with Crippen LogP contribution in [0.5, 0.6) is 11.5 Å². The number of nitrogens with zero attached hydrogens (tertiary/aromatic N) is 3. The predicted molar refractivity (Wildman–Crippen MR) is 109 cm³/mol. The average molecular weight is 412 g/mol. The van der Waals surface area contributed by atoms with Gasteiger partial charge in [-0.3, -0.25) is 4.90 Å².